The lowest BCUT2D eigenvalue weighted by molar-refractivity contribution is 0.0805. The number of likely N-dealkylation sites (tertiary alicyclic amines) is 1. The van der Waals surface area contributed by atoms with Crippen molar-refractivity contribution >= 4 is 33.7 Å². The molecule has 1 aliphatic rings. The van der Waals surface area contributed by atoms with E-state index in [1.54, 1.807) is 23.6 Å². The predicted octanol–water partition coefficient (Wildman–Crippen LogP) is 3.54. The van der Waals surface area contributed by atoms with Crippen LogP contribution in [-0.4, -0.2) is 38.1 Å². The molecule has 4 rings (SSSR count). The van der Waals surface area contributed by atoms with E-state index in [0.29, 0.717) is 17.4 Å². The quantitative estimate of drug-likeness (QED) is 0.668. The molecule has 0 saturated carbocycles. The highest BCUT2D eigenvalue weighted by Gasteiger charge is 2.28. The number of carbonyl (C=O) groups is 1. The number of Topliss-reactive ketones (excluding diaryl/α,β-unsaturated/α-hetero) is 1. The van der Waals surface area contributed by atoms with Crippen molar-refractivity contribution in [3.8, 4) is 0 Å². The Morgan fingerprint density at radius 2 is 2.33 bits per heavy atom. The van der Waals surface area contributed by atoms with Crippen LogP contribution >= 0.6 is 22.9 Å². The van der Waals surface area contributed by atoms with Crippen molar-refractivity contribution in [1.82, 2.24) is 19.3 Å². The Kier molecular flexibility index (Phi) is 4.35. The summed E-state index contributed by atoms with van der Waals surface area (Å²) in [6.07, 6.45) is 5.59. The van der Waals surface area contributed by atoms with Gasteiger partial charge < -0.3 is 0 Å². The Balaban J connectivity index is 1.50. The maximum absolute atomic E-state index is 12.7. The summed E-state index contributed by atoms with van der Waals surface area (Å²) in [5.74, 6) is 0.138. The minimum absolute atomic E-state index is 0.00156. The van der Waals surface area contributed by atoms with Gasteiger partial charge in [-0.25, -0.2) is 4.98 Å². The summed E-state index contributed by atoms with van der Waals surface area (Å²) in [6.45, 7) is 2.42. The molecule has 3 aromatic rings. The molecule has 0 amide bonds. The second-order valence-electron chi connectivity index (χ2n) is 6.06. The van der Waals surface area contributed by atoms with Crippen molar-refractivity contribution in [2.75, 3.05) is 13.1 Å². The van der Waals surface area contributed by atoms with E-state index in [2.05, 4.69) is 14.9 Å². The summed E-state index contributed by atoms with van der Waals surface area (Å²) >= 11 is 7.87. The summed E-state index contributed by atoms with van der Waals surface area (Å²) in [7, 11) is 0. The number of imidazole rings is 1. The first-order valence-electron chi connectivity index (χ1n) is 8.00. The maximum atomic E-state index is 12.7. The fourth-order valence-electron chi connectivity index (χ4n) is 3.29. The number of carbonyl (C=O) groups excluding carboxylic acids is 1. The summed E-state index contributed by atoms with van der Waals surface area (Å²) in [6, 6.07) is 5.49. The summed E-state index contributed by atoms with van der Waals surface area (Å²) in [5, 5.41) is 2.56. The van der Waals surface area contributed by atoms with Crippen LogP contribution in [0.4, 0.5) is 0 Å². The molecule has 0 spiro atoms. The lowest BCUT2D eigenvalue weighted by atomic mass is 9.92. The van der Waals surface area contributed by atoms with Crippen LogP contribution in [0.2, 0.25) is 5.15 Å². The average Bonchev–Trinajstić information content (AvgIpc) is 3.18. The van der Waals surface area contributed by atoms with Gasteiger partial charge in [0, 0.05) is 36.8 Å². The van der Waals surface area contributed by atoms with E-state index in [1.807, 2.05) is 28.1 Å². The van der Waals surface area contributed by atoms with Crippen LogP contribution < -0.4 is 0 Å². The number of fused-ring (bicyclic) bond motifs is 1. The fraction of sp³-hybridized carbons (Fsp3) is 0.353. The number of thiazole rings is 1. The molecule has 0 N–H and O–H groups in total. The predicted molar refractivity (Wildman–Crippen MR) is 94.6 cm³/mol. The normalized spacial score (nSPS) is 19.0. The molecule has 0 radical (unpaired) electrons. The van der Waals surface area contributed by atoms with E-state index >= 15 is 0 Å². The number of nitrogens with zero attached hydrogens (tertiary/aromatic N) is 4. The van der Waals surface area contributed by atoms with E-state index in [-0.39, 0.29) is 11.7 Å². The summed E-state index contributed by atoms with van der Waals surface area (Å²) in [4.78, 5) is 24.4. The zero-order chi connectivity index (χ0) is 16.5. The highest BCUT2D eigenvalue weighted by Crippen LogP contribution is 2.26. The van der Waals surface area contributed by atoms with Crippen molar-refractivity contribution in [2.24, 2.45) is 5.92 Å². The van der Waals surface area contributed by atoms with Crippen LogP contribution in [0.15, 0.2) is 36.0 Å². The number of rotatable bonds is 4. The Morgan fingerprint density at radius 1 is 1.42 bits per heavy atom. The maximum Gasteiger partial charge on any atom is 0.195 e. The first-order chi connectivity index (χ1) is 11.7. The van der Waals surface area contributed by atoms with Gasteiger partial charge in [-0.2, -0.15) is 0 Å². The standard InChI is InChI=1S/C17H17ClN4OS/c18-16-14(22-8-9-24-17(22)20-16)11-21-7-3-4-12(10-21)15(23)13-5-1-2-6-19-13/h1-2,5-6,8-9,12H,3-4,7,10-11H2/t12-/m0/s1. The number of hydrogen-bond acceptors (Lipinski definition) is 5. The lowest BCUT2D eigenvalue weighted by Crippen LogP contribution is -2.38. The average molecular weight is 361 g/mol. The van der Waals surface area contributed by atoms with Gasteiger partial charge in [0.05, 0.1) is 5.69 Å². The minimum atomic E-state index is -0.00156. The third-order valence-electron chi connectivity index (χ3n) is 4.48. The van der Waals surface area contributed by atoms with Crippen molar-refractivity contribution in [1.29, 1.82) is 0 Å². The van der Waals surface area contributed by atoms with Gasteiger partial charge in [0.2, 0.25) is 0 Å². The number of aromatic nitrogens is 3. The van der Waals surface area contributed by atoms with E-state index in [9.17, 15) is 4.79 Å². The zero-order valence-electron chi connectivity index (χ0n) is 13.1. The van der Waals surface area contributed by atoms with Crippen molar-refractivity contribution < 1.29 is 4.79 Å². The van der Waals surface area contributed by atoms with E-state index < -0.39 is 0 Å². The Bertz CT molecular complexity index is 860. The van der Waals surface area contributed by atoms with Gasteiger partial charge in [0.15, 0.2) is 15.9 Å². The number of hydrogen-bond donors (Lipinski definition) is 0. The summed E-state index contributed by atoms with van der Waals surface area (Å²) in [5.41, 5.74) is 1.56. The minimum Gasteiger partial charge on any atom is -0.297 e. The Labute approximate surface area is 148 Å². The molecule has 3 aromatic heterocycles. The zero-order valence-corrected chi connectivity index (χ0v) is 14.6. The van der Waals surface area contributed by atoms with Gasteiger partial charge in [-0.05, 0) is 31.5 Å². The van der Waals surface area contributed by atoms with Gasteiger partial charge in [-0.3, -0.25) is 19.1 Å². The SMILES string of the molecule is O=C(c1ccccn1)[C@H]1CCCN(Cc2c(Cl)nc3sccn23)C1. The number of halogens is 1. The molecule has 1 atom stereocenters. The molecule has 1 fully saturated rings. The highest BCUT2D eigenvalue weighted by atomic mass is 35.5. The molecule has 0 aliphatic carbocycles. The van der Waals surface area contributed by atoms with E-state index in [0.717, 1.165) is 36.6 Å². The molecule has 0 bridgehead atoms. The molecule has 24 heavy (non-hydrogen) atoms. The third-order valence-corrected chi connectivity index (χ3v) is 5.54. The van der Waals surface area contributed by atoms with Gasteiger partial charge in [0.25, 0.3) is 0 Å². The first kappa shape index (κ1) is 15.7. The van der Waals surface area contributed by atoms with Crippen LogP contribution in [0.1, 0.15) is 29.0 Å². The van der Waals surface area contributed by atoms with Gasteiger partial charge in [-0.1, -0.05) is 17.7 Å². The molecule has 1 saturated heterocycles. The molecule has 0 aromatic carbocycles. The van der Waals surface area contributed by atoms with Gasteiger partial charge in [0.1, 0.15) is 5.69 Å². The lowest BCUT2D eigenvalue weighted by Gasteiger charge is -2.31. The molecule has 1 aliphatic heterocycles. The largest absolute Gasteiger partial charge is 0.297 e. The number of pyridine rings is 1. The smallest absolute Gasteiger partial charge is 0.195 e. The van der Waals surface area contributed by atoms with Crippen LogP contribution in [0, 0.1) is 5.92 Å². The molecule has 5 nitrogen and oxygen atoms in total. The second-order valence-corrected chi connectivity index (χ2v) is 7.29. The van der Waals surface area contributed by atoms with Crippen molar-refractivity contribution in [2.45, 2.75) is 19.4 Å². The fourth-order valence-corrected chi connectivity index (χ4v) is 4.30. The molecular weight excluding hydrogens is 344 g/mol. The first-order valence-corrected chi connectivity index (χ1v) is 9.25. The van der Waals surface area contributed by atoms with Crippen molar-refractivity contribution in [3.05, 3.63) is 52.5 Å². The van der Waals surface area contributed by atoms with Crippen LogP contribution in [0.3, 0.4) is 0 Å². The van der Waals surface area contributed by atoms with Crippen LogP contribution in [0.25, 0.3) is 4.96 Å². The van der Waals surface area contributed by atoms with Gasteiger partial charge in [-0.15, -0.1) is 11.3 Å². The van der Waals surface area contributed by atoms with Crippen molar-refractivity contribution in [3.63, 3.8) is 0 Å². The highest BCUT2D eigenvalue weighted by molar-refractivity contribution is 7.15. The number of ketones is 1. The Hall–Kier alpha value is -1.76. The Morgan fingerprint density at radius 3 is 3.17 bits per heavy atom. The molecule has 0 unspecified atom stereocenters. The summed E-state index contributed by atoms with van der Waals surface area (Å²) < 4.78 is 2.04. The van der Waals surface area contributed by atoms with E-state index in [1.165, 1.54) is 0 Å². The topological polar surface area (TPSA) is 50.5 Å². The monoisotopic (exact) mass is 360 g/mol. The molecule has 124 valence electrons. The van der Waals surface area contributed by atoms with Gasteiger partial charge >= 0.3 is 0 Å². The third kappa shape index (κ3) is 2.97. The molecular formula is C17H17ClN4OS. The molecule has 7 heteroatoms. The second kappa shape index (κ2) is 6.63. The van der Waals surface area contributed by atoms with Crippen LogP contribution in [0.5, 0.6) is 0 Å². The van der Waals surface area contributed by atoms with E-state index in [4.69, 9.17) is 11.6 Å². The molecule has 4 heterocycles. The van der Waals surface area contributed by atoms with Crippen LogP contribution in [-0.2, 0) is 6.54 Å². The number of piperidine rings is 1.